The molecule has 0 aliphatic heterocycles. The lowest BCUT2D eigenvalue weighted by Gasteiger charge is -2.35. The fraction of sp³-hybridized carbons (Fsp3) is 0.683. The summed E-state index contributed by atoms with van der Waals surface area (Å²) in [6.45, 7) is 31.2. The highest BCUT2D eigenvalue weighted by atomic mass is 16.1. The number of hydrogen-bond acceptors (Lipinski definition) is 1. The van der Waals surface area contributed by atoms with Gasteiger partial charge < -0.3 is 0 Å². The zero-order chi connectivity index (χ0) is 32.9. The molecule has 0 aromatic heterocycles. The first-order valence-corrected chi connectivity index (χ1v) is 17.5. The van der Waals surface area contributed by atoms with Gasteiger partial charge in [0.25, 0.3) is 0 Å². The molecule has 0 spiro atoms. The second-order valence-electron chi connectivity index (χ2n) is 12.9. The van der Waals surface area contributed by atoms with E-state index in [1.807, 2.05) is 55.4 Å². The first kappa shape index (κ1) is 42.2. The van der Waals surface area contributed by atoms with E-state index < -0.39 is 0 Å². The Labute approximate surface area is 264 Å². The molecule has 0 amide bonds. The van der Waals surface area contributed by atoms with Crippen LogP contribution >= 0.6 is 0 Å². The summed E-state index contributed by atoms with van der Waals surface area (Å²) in [5.74, 6) is 1.92. The number of Topliss-reactive ketones (excluding diaryl/α,β-unsaturated/α-hetero) is 1. The molecule has 1 aromatic rings. The van der Waals surface area contributed by atoms with Gasteiger partial charge in [-0.15, -0.1) is 0 Å². The van der Waals surface area contributed by atoms with Gasteiger partial charge in [-0.1, -0.05) is 129 Å². The van der Waals surface area contributed by atoms with E-state index in [0.717, 1.165) is 17.4 Å². The van der Waals surface area contributed by atoms with Gasteiger partial charge in [0.15, 0.2) is 0 Å². The fourth-order valence-corrected chi connectivity index (χ4v) is 5.76. The summed E-state index contributed by atoms with van der Waals surface area (Å²) in [4.78, 5) is 11.5. The van der Waals surface area contributed by atoms with Gasteiger partial charge in [0.05, 0.1) is 0 Å². The smallest absolute Gasteiger partial charge is 0.139 e. The number of allylic oxidation sites excluding steroid dienone is 6. The number of ketones is 1. The lowest BCUT2D eigenvalue weighted by Crippen LogP contribution is -2.27. The minimum Gasteiger partial charge on any atom is -0.299 e. The van der Waals surface area contributed by atoms with Crippen LogP contribution in [-0.4, -0.2) is 5.78 Å². The largest absolute Gasteiger partial charge is 0.299 e. The van der Waals surface area contributed by atoms with Crippen LogP contribution < -0.4 is 0 Å². The maximum absolute atomic E-state index is 11.5. The Balaban J connectivity index is 0. The Kier molecular flexibility index (Phi) is 22.8. The molecule has 1 heteroatoms. The molecule has 2 aliphatic rings. The van der Waals surface area contributed by atoms with Gasteiger partial charge in [-0.05, 0) is 120 Å². The lowest BCUT2D eigenvalue weighted by atomic mass is 9.71. The van der Waals surface area contributed by atoms with Crippen LogP contribution in [0.5, 0.6) is 0 Å². The molecular weight excluding hydrogens is 508 g/mol. The monoisotopic (exact) mass is 581 g/mol. The molecule has 1 fully saturated rings. The van der Waals surface area contributed by atoms with Crippen LogP contribution in [0.25, 0.3) is 0 Å². The van der Waals surface area contributed by atoms with E-state index in [9.17, 15) is 4.79 Å². The summed E-state index contributed by atoms with van der Waals surface area (Å²) in [6.07, 6.45) is 21.7. The standard InChI is InChI=1S/C22H36.C13H18O.3C2H6/c1-5-8-18(6-2)15-20-9-7-10-21(17-20)16-19-11-13-22(3,4)14-12-19;1-9-6-7-12(10(2)8-9)13(4,5)11(3)14;3*1-2/h7,9-10,15,18-19H,5-6,8,11-14,16-17H2,1-4H3;6-8H,1-5H3;3*1-2H3/b20-15-;;;;. The van der Waals surface area contributed by atoms with Crippen molar-refractivity contribution in [2.75, 3.05) is 0 Å². The number of benzene rings is 1. The van der Waals surface area contributed by atoms with Crippen LogP contribution in [0.2, 0.25) is 0 Å². The number of aryl methyl sites for hydroxylation is 2. The first-order chi connectivity index (χ1) is 19.9. The maximum Gasteiger partial charge on any atom is 0.139 e. The maximum atomic E-state index is 11.5. The molecule has 0 N–H and O–H groups in total. The van der Waals surface area contributed by atoms with E-state index in [2.05, 4.69) is 84.0 Å². The minimum absolute atomic E-state index is 0.212. The first-order valence-electron chi connectivity index (χ1n) is 17.5. The summed E-state index contributed by atoms with van der Waals surface area (Å²) >= 11 is 0. The molecule has 0 saturated heterocycles. The molecule has 2 aliphatic carbocycles. The van der Waals surface area contributed by atoms with Crippen molar-refractivity contribution in [3.63, 3.8) is 0 Å². The van der Waals surface area contributed by atoms with E-state index in [1.54, 1.807) is 18.1 Å². The molecule has 1 aromatic carbocycles. The van der Waals surface area contributed by atoms with Gasteiger partial charge in [-0.2, -0.15) is 0 Å². The molecule has 3 rings (SSSR count). The molecule has 0 radical (unpaired) electrons. The summed E-state index contributed by atoms with van der Waals surface area (Å²) in [7, 11) is 0. The van der Waals surface area contributed by atoms with Gasteiger partial charge in [0.1, 0.15) is 5.78 Å². The van der Waals surface area contributed by atoms with Gasteiger partial charge in [0, 0.05) is 5.41 Å². The van der Waals surface area contributed by atoms with E-state index in [1.165, 1.54) is 68.9 Å². The molecule has 1 atom stereocenters. The molecule has 1 unspecified atom stereocenters. The molecular formula is C41H72O. The van der Waals surface area contributed by atoms with Crippen molar-refractivity contribution in [1.82, 2.24) is 0 Å². The third-order valence-electron chi connectivity index (χ3n) is 8.65. The third-order valence-corrected chi connectivity index (χ3v) is 8.65. The minimum atomic E-state index is -0.363. The van der Waals surface area contributed by atoms with Gasteiger partial charge in [0.2, 0.25) is 0 Å². The van der Waals surface area contributed by atoms with Crippen molar-refractivity contribution in [3.05, 3.63) is 70.3 Å². The van der Waals surface area contributed by atoms with E-state index >= 15 is 0 Å². The Hall–Kier alpha value is -1.89. The van der Waals surface area contributed by atoms with Crippen molar-refractivity contribution in [1.29, 1.82) is 0 Å². The van der Waals surface area contributed by atoms with Crippen LogP contribution in [0.3, 0.4) is 0 Å². The Bertz CT molecular complexity index is 943. The van der Waals surface area contributed by atoms with Crippen LogP contribution in [-0.2, 0) is 10.2 Å². The molecule has 1 nitrogen and oxygen atoms in total. The highest BCUT2D eigenvalue weighted by molar-refractivity contribution is 5.87. The number of hydrogen-bond donors (Lipinski definition) is 0. The Morgan fingerprint density at radius 2 is 1.57 bits per heavy atom. The third kappa shape index (κ3) is 15.5. The van der Waals surface area contributed by atoms with Crippen LogP contribution in [0, 0.1) is 31.1 Å². The molecule has 42 heavy (non-hydrogen) atoms. The summed E-state index contributed by atoms with van der Waals surface area (Å²) in [5.41, 5.74) is 7.04. The average molecular weight is 581 g/mol. The second-order valence-corrected chi connectivity index (χ2v) is 12.9. The van der Waals surface area contributed by atoms with Gasteiger partial charge in [-0.25, -0.2) is 0 Å². The Morgan fingerprint density at radius 1 is 1.00 bits per heavy atom. The fourth-order valence-electron chi connectivity index (χ4n) is 5.76. The van der Waals surface area contributed by atoms with Crippen LogP contribution in [0.15, 0.2) is 53.6 Å². The highest BCUT2D eigenvalue weighted by Gasteiger charge is 2.28. The number of rotatable bonds is 8. The summed E-state index contributed by atoms with van der Waals surface area (Å²) in [5, 5.41) is 0. The Morgan fingerprint density at radius 3 is 2.05 bits per heavy atom. The van der Waals surface area contributed by atoms with Crippen molar-refractivity contribution in [2.24, 2.45) is 17.3 Å². The quantitative estimate of drug-likeness (QED) is 0.299. The van der Waals surface area contributed by atoms with Crippen molar-refractivity contribution in [3.8, 4) is 0 Å². The van der Waals surface area contributed by atoms with Crippen molar-refractivity contribution < 1.29 is 4.79 Å². The van der Waals surface area contributed by atoms with E-state index in [4.69, 9.17) is 0 Å². The number of carbonyl (C=O) groups is 1. The van der Waals surface area contributed by atoms with Crippen LogP contribution in [0.1, 0.15) is 164 Å². The van der Waals surface area contributed by atoms with Gasteiger partial charge in [-0.3, -0.25) is 4.79 Å². The van der Waals surface area contributed by atoms with E-state index in [0.29, 0.717) is 5.41 Å². The molecule has 0 bridgehead atoms. The second kappa shape index (κ2) is 22.6. The predicted molar refractivity (Wildman–Crippen MR) is 193 cm³/mol. The zero-order valence-corrected chi connectivity index (χ0v) is 31.0. The number of carbonyl (C=O) groups excluding carboxylic acids is 1. The highest BCUT2D eigenvalue weighted by Crippen LogP contribution is 2.41. The molecule has 0 heterocycles. The predicted octanol–water partition coefficient (Wildman–Crippen LogP) is 13.5. The van der Waals surface area contributed by atoms with Crippen molar-refractivity contribution in [2.45, 2.75) is 167 Å². The summed E-state index contributed by atoms with van der Waals surface area (Å²) < 4.78 is 0. The normalized spacial score (nSPS) is 17.5. The summed E-state index contributed by atoms with van der Waals surface area (Å²) in [6, 6.07) is 6.25. The topological polar surface area (TPSA) is 17.1 Å². The average Bonchev–Trinajstić information content (AvgIpc) is 2.97. The molecule has 242 valence electrons. The van der Waals surface area contributed by atoms with Crippen LogP contribution in [0.4, 0.5) is 0 Å². The van der Waals surface area contributed by atoms with Crippen molar-refractivity contribution >= 4 is 5.78 Å². The molecule has 1 saturated carbocycles. The van der Waals surface area contributed by atoms with E-state index in [-0.39, 0.29) is 11.2 Å². The zero-order valence-electron chi connectivity index (χ0n) is 31.0. The van der Waals surface area contributed by atoms with Gasteiger partial charge >= 0.3 is 0 Å². The SMILES string of the molecule is CC.CC.CC.CC(=O)C(C)(C)c1ccc(C)cc1C.CCCC(/C=C1/C=CC=C(CC2CCC(C)(C)CC2)C1)CC. The lowest BCUT2D eigenvalue weighted by molar-refractivity contribution is -0.121.